The van der Waals surface area contributed by atoms with Gasteiger partial charge in [-0.2, -0.15) is 0 Å². The summed E-state index contributed by atoms with van der Waals surface area (Å²) in [4.78, 5) is 11.0. The van der Waals surface area contributed by atoms with Crippen LogP contribution in [0, 0.1) is 0 Å². The van der Waals surface area contributed by atoms with Crippen molar-refractivity contribution in [1.82, 2.24) is 10.2 Å². The first-order chi connectivity index (χ1) is 8.70. The number of hydrogen-bond donors (Lipinski definition) is 2. The summed E-state index contributed by atoms with van der Waals surface area (Å²) in [5.74, 6) is -0.523. The van der Waals surface area contributed by atoms with Crippen molar-refractivity contribution < 1.29 is 14.6 Å². The van der Waals surface area contributed by atoms with Crippen LogP contribution in [0.15, 0.2) is 6.07 Å². The lowest BCUT2D eigenvalue weighted by Gasteiger charge is -2.23. The highest BCUT2D eigenvalue weighted by Gasteiger charge is 2.17. The third kappa shape index (κ3) is 2.88. The molecule has 0 saturated heterocycles. The Bertz CT molecular complexity index is 431. The predicted octanol–water partition coefficient (Wildman–Crippen LogP) is 1.93. The summed E-state index contributed by atoms with van der Waals surface area (Å²) in [5, 5.41) is 20.0. The number of methoxy groups -OCH3 is 1. The number of rotatable bonds is 4. The maximum atomic E-state index is 11.0. The van der Waals surface area contributed by atoms with Gasteiger partial charge in [-0.3, -0.25) is 0 Å². The maximum Gasteiger partial charge on any atom is 0.341 e. The zero-order valence-electron chi connectivity index (χ0n) is 10.3. The van der Waals surface area contributed by atoms with Gasteiger partial charge in [0, 0.05) is 12.1 Å². The number of aromatic nitrogens is 2. The van der Waals surface area contributed by atoms with Crippen LogP contribution in [0.2, 0.25) is 0 Å². The topological polar surface area (TPSA) is 84.3 Å². The smallest absolute Gasteiger partial charge is 0.341 e. The maximum absolute atomic E-state index is 11.0. The second-order valence-corrected chi connectivity index (χ2v) is 4.44. The summed E-state index contributed by atoms with van der Waals surface area (Å²) in [6.45, 7) is 0. The van der Waals surface area contributed by atoms with Gasteiger partial charge in [0.1, 0.15) is 11.4 Å². The van der Waals surface area contributed by atoms with Crippen molar-refractivity contribution >= 4 is 11.8 Å². The van der Waals surface area contributed by atoms with E-state index in [1.165, 1.54) is 32.4 Å². The first-order valence-electron chi connectivity index (χ1n) is 6.12. The highest BCUT2D eigenvalue weighted by Crippen LogP contribution is 2.22. The molecule has 6 heteroatoms. The lowest BCUT2D eigenvalue weighted by atomic mass is 9.95. The van der Waals surface area contributed by atoms with E-state index in [1.54, 1.807) is 0 Å². The summed E-state index contributed by atoms with van der Waals surface area (Å²) in [6.07, 6.45) is 5.86. The fraction of sp³-hybridized carbons (Fsp3) is 0.583. The second-order valence-electron chi connectivity index (χ2n) is 4.44. The number of hydrogen-bond acceptors (Lipinski definition) is 5. The molecule has 1 aliphatic rings. The average Bonchev–Trinajstić information content (AvgIpc) is 2.40. The van der Waals surface area contributed by atoms with Gasteiger partial charge in [-0.25, -0.2) is 4.79 Å². The molecule has 1 aromatic rings. The van der Waals surface area contributed by atoms with E-state index >= 15 is 0 Å². The van der Waals surface area contributed by atoms with Crippen molar-refractivity contribution in [2.75, 3.05) is 12.4 Å². The summed E-state index contributed by atoms with van der Waals surface area (Å²) < 4.78 is 4.87. The monoisotopic (exact) mass is 251 g/mol. The minimum atomic E-state index is -1.06. The van der Waals surface area contributed by atoms with Gasteiger partial charge < -0.3 is 15.2 Å². The third-order valence-electron chi connectivity index (χ3n) is 3.14. The van der Waals surface area contributed by atoms with Gasteiger partial charge in [0.15, 0.2) is 0 Å². The number of anilines is 1. The van der Waals surface area contributed by atoms with Crippen molar-refractivity contribution in [2.45, 2.75) is 38.1 Å². The van der Waals surface area contributed by atoms with E-state index < -0.39 is 5.97 Å². The largest absolute Gasteiger partial charge is 0.479 e. The van der Waals surface area contributed by atoms with Gasteiger partial charge in [-0.15, -0.1) is 10.2 Å². The molecule has 1 saturated carbocycles. The molecule has 2 N–H and O–H groups in total. The van der Waals surface area contributed by atoms with E-state index in [9.17, 15) is 4.79 Å². The molecule has 2 rings (SSSR count). The molecule has 0 spiro atoms. The molecule has 1 aliphatic carbocycles. The van der Waals surface area contributed by atoms with Crippen LogP contribution < -0.4 is 10.1 Å². The Labute approximate surface area is 105 Å². The Morgan fingerprint density at radius 3 is 2.72 bits per heavy atom. The molecule has 0 bridgehead atoms. The molecule has 6 nitrogen and oxygen atoms in total. The Balaban J connectivity index is 2.13. The Morgan fingerprint density at radius 2 is 2.11 bits per heavy atom. The number of nitrogens with zero attached hydrogens (tertiary/aromatic N) is 2. The molecule has 0 unspecified atom stereocenters. The number of aromatic carboxylic acids is 1. The minimum Gasteiger partial charge on any atom is -0.479 e. The van der Waals surface area contributed by atoms with E-state index in [-0.39, 0.29) is 11.4 Å². The normalized spacial score (nSPS) is 16.3. The first kappa shape index (κ1) is 12.6. The number of ether oxygens (including phenoxy) is 1. The molecular formula is C12H17N3O3. The molecule has 1 fully saturated rings. The second kappa shape index (κ2) is 5.66. The molecule has 0 aromatic carbocycles. The number of nitrogens with one attached hydrogen (secondary N) is 1. The van der Waals surface area contributed by atoms with E-state index in [0.29, 0.717) is 11.9 Å². The molecule has 0 atom stereocenters. The Kier molecular flexibility index (Phi) is 3.96. The molecule has 1 aromatic heterocycles. The molecule has 98 valence electrons. The van der Waals surface area contributed by atoms with Crippen LogP contribution >= 0.6 is 0 Å². The van der Waals surface area contributed by atoms with Crippen molar-refractivity contribution in [1.29, 1.82) is 0 Å². The zero-order valence-corrected chi connectivity index (χ0v) is 10.3. The molecular weight excluding hydrogens is 234 g/mol. The number of carbonyl (C=O) groups is 1. The summed E-state index contributed by atoms with van der Waals surface area (Å²) in [7, 11) is 1.38. The van der Waals surface area contributed by atoms with E-state index in [4.69, 9.17) is 9.84 Å². The zero-order chi connectivity index (χ0) is 13.0. The number of carboxylic acid groups (broad SMARTS) is 1. The minimum absolute atomic E-state index is 0.0332. The van der Waals surface area contributed by atoms with Gasteiger partial charge in [-0.1, -0.05) is 19.3 Å². The van der Waals surface area contributed by atoms with Crippen LogP contribution in [0.5, 0.6) is 5.88 Å². The summed E-state index contributed by atoms with van der Waals surface area (Å²) >= 11 is 0. The highest BCUT2D eigenvalue weighted by atomic mass is 16.5. The fourth-order valence-electron chi connectivity index (χ4n) is 2.21. The molecule has 0 radical (unpaired) electrons. The standard InChI is InChI=1S/C12H17N3O3/c1-18-11-9(12(16)17)7-10(14-15-11)13-8-5-3-2-4-6-8/h7-8H,2-6H2,1H3,(H,13,14)(H,16,17). The lowest BCUT2D eigenvalue weighted by molar-refractivity contribution is 0.0692. The number of carboxylic acids is 1. The van der Waals surface area contributed by atoms with Crippen LogP contribution in [-0.4, -0.2) is 34.4 Å². The summed E-state index contributed by atoms with van der Waals surface area (Å²) in [6, 6.07) is 1.84. The van der Waals surface area contributed by atoms with Crippen LogP contribution in [-0.2, 0) is 0 Å². The van der Waals surface area contributed by atoms with Crippen LogP contribution in [0.1, 0.15) is 42.5 Å². The van der Waals surface area contributed by atoms with E-state index in [0.717, 1.165) is 12.8 Å². The molecule has 0 amide bonds. The van der Waals surface area contributed by atoms with E-state index in [1.807, 2.05) is 0 Å². The van der Waals surface area contributed by atoms with Crippen molar-refractivity contribution in [3.63, 3.8) is 0 Å². The van der Waals surface area contributed by atoms with Crippen molar-refractivity contribution in [3.8, 4) is 5.88 Å². The quantitative estimate of drug-likeness (QED) is 0.850. The van der Waals surface area contributed by atoms with Crippen molar-refractivity contribution in [2.24, 2.45) is 0 Å². The fourth-order valence-corrected chi connectivity index (χ4v) is 2.21. The van der Waals surface area contributed by atoms with Crippen molar-refractivity contribution in [3.05, 3.63) is 11.6 Å². The molecule has 0 aliphatic heterocycles. The molecule has 1 heterocycles. The summed E-state index contributed by atoms with van der Waals surface area (Å²) in [5.41, 5.74) is 0.0332. The predicted molar refractivity (Wildman–Crippen MR) is 66.0 cm³/mol. The van der Waals surface area contributed by atoms with Crippen LogP contribution in [0.25, 0.3) is 0 Å². The van der Waals surface area contributed by atoms with E-state index in [2.05, 4.69) is 15.5 Å². The SMILES string of the molecule is COc1nnc(NC2CCCCC2)cc1C(=O)O. The Morgan fingerprint density at radius 1 is 1.39 bits per heavy atom. The van der Waals surface area contributed by atoms with Gasteiger partial charge in [0.25, 0.3) is 0 Å². The highest BCUT2D eigenvalue weighted by molar-refractivity contribution is 5.90. The average molecular weight is 251 g/mol. The third-order valence-corrected chi connectivity index (χ3v) is 3.14. The van der Waals surface area contributed by atoms with Gasteiger partial charge in [0.2, 0.25) is 5.88 Å². The van der Waals surface area contributed by atoms with Crippen LogP contribution in [0.3, 0.4) is 0 Å². The van der Waals surface area contributed by atoms with Gasteiger partial charge in [-0.05, 0) is 12.8 Å². The van der Waals surface area contributed by atoms with Gasteiger partial charge in [0.05, 0.1) is 7.11 Å². The lowest BCUT2D eigenvalue weighted by Crippen LogP contribution is -2.23. The molecule has 18 heavy (non-hydrogen) atoms. The van der Waals surface area contributed by atoms with Crippen LogP contribution in [0.4, 0.5) is 5.82 Å². The Hall–Kier alpha value is -1.85. The first-order valence-corrected chi connectivity index (χ1v) is 6.12. The van der Waals surface area contributed by atoms with Gasteiger partial charge >= 0.3 is 5.97 Å².